The van der Waals surface area contributed by atoms with Crippen molar-refractivity contribution < 1.29 is 14.1 Å². The van der Waals surface area contributed by atoms with Crippen LogP contribution in [0.25, 0.3) is 11.4 Å². The third-order valence-electron chi connectivity index (χ3n) is 5.04. The molecule has 3 rings (SSSR count). The highest BCUT2D eigenvalue weighted by Crippen LogP contribution is 2.20. The summed E-state index contributed by atoms with van der Waals surface area (Å²) in [5, 5.41) is 4.05. The molecule has 0 aliphatic carbocycles. The molecule has 0 bridgehead atoms. The second kappa shape index (κ2) is 9.10. The minimum atomic E-state index is 0.0887. The molecule has 0 N–H and O–H groups in total. The lowest BCUT2D eigenvalue weighted by Gasteiger charge is -2.34. The first kappa shape index (κ1) is 19.5. The van der Waals surface area contributed by atoms with Gasteiger partial charge in [0.15, 0.2) is 0 Å². The molecule has 0 spiro atoms. The van der Waals surface area contributed by atoms with Crippen LogP contribution in [0.5, 0.6) is 0 Å². The second-order valence-corrected chi connectivity index (χ2v) is 7.10. The maximum Gasteiger partial charge on any atom is 0.227 e. The number of carbonyl (C=O) groups is 1. The molecule has 2 heterocycles. The lowest BCUT2D eigenvalue weighted by atomic mass is 10.1. The van der Waals surface area contributed by atoms with Crippen molar-refractivity contribution in [1.82, 2.24) is 19.9 Å². The van der Waals surface area contributed by atoms with E-state index in [1.165, 1.54) is 0 Å². The number of ether oxygens (including phenoxy) is 1. The van der Waals surface area contributed by atoms with Gasteiger partial charge in [0.1, 0.15) is 0 Å². The third-order valence-corrected chi connectivity index (χ3v) is 5.04. The number of likely N-dealkylation sites (N-methyl/N-ethyl adjacent to an activating group) is 1. The summed E-state index contributed by atoms with van der Waals surface area (Å²) < 4.78 is 10.7. The molecule has 1 aromatic heterocycles. The number of nitrogens with zero attached hydrogens (tertiary/aromatic N) is 4. The molecule has 7 heteroatoms. The molecule has 1 amide bonds. The Balaban J connectivity index is 1.49. The monoisotopic (exact) mass is 372 g/mol. The number of benzene rings is 1. The summed E-state index contributed by atoms with van der Waals surface area (Å²) in [5.41, 5.74) is 2.05. The zero-order chi connectivity index (χ0) is 19.2. The van der Waals surface area contributed by atoms with Crippen LogP contribution < -0.4 is 0 Å². The predicted octanol–water partition coefficient (Wildman–Crippen LogP) is 2.16. The second-order valence-electron chi connectivity index (χ2n) is 7.10. The molecule has 1 saturated heterocycles. The Labute approximate surface area is 160 Å². The van der Waals surface area contributed by atoms with Crippen molar-refractivity contribution in [2.75, 3.05) is 39.9 Å². The summed E-state index contributed by atoms with van der Waals surface area (Å²) in [4.78, 5) is 21.0. The van der Waals surface area contributed by atoms with Crippen LogP contribution in [0.1, 0.15) is 24.8 Å². The van der Waals surface area contributed by atoms with Crippen LogP contribution in [-0.4, -0.2) is 71.8 Å². The fourth-order valence-corrected chi connectivity index (χ4v) is 3.33. The van der Waals surface area contributed by atoms with Gasteiger partial charge in [-0.3, -0.25) is 9.69 Å². The molecule has 1 aliphatic heterocycles. The lowest BCUT2D eigenvalue weighted by Crippen LogP contribution is -2.47. The highest BCUT2D eigenvalue weighted by Gasteiger charge is 2.21. The Kier molecular flexibility index (Phi) is 6.58. The van der Waals surface area contributed by atoms with Gasteiger partial charge in [0.2, 0.25) is 17.6 Å². The van der Waals surface area contributed by atoms with E-state index >= 15 is 0 Å². The quantitative estimate of drug-likeness (QED) is 0.742. The first-order valence-electron chi connectivity index (χ1n) is 9.49. The summed E-state index contributed by atoms with van der Waals surface area (Å²) in [6, 6.07) is 8.23. The molecule has 1 aromatic carbocycles. The first-order valence-corrected chi connectivity index (χ1v) is 9.49. The van der Waals surface area contributed by atoms with Gasteiger partial charge in [-0.05, 0) is 19.4 Å². The highest BCUT2D eigenvalue weighted by atomic mass is 16.5. The van der Waals surface area contributed by atoms with Crippen molar-refractivity contribution in [2.24, 2.45) is 0 Å². The Hall–Kier alpha value is -2.25. The van der Waals surface area contributed by atoms with E-state index in [1.807, 2.05) is 38.2 Å². The van der Waals surface area contributed by atoms with Crippen molar-refractivity contribution in [3.63, 3.8) is 0 Å². The Morgan fingerprint density at radius 1 is 1.30 bits per heavy atom. The van der Waals surface area contributed by atoms with Gasteiger partial charge in [-0.25, -0.2) is 0 Å². The molecule has 1 unspecified atom stereocenters. The van der Waals surface area contributed by atoms with Gasteiger partial charge in [-0.1, -0.05) is 29.4 Å². The molecule has 1 aliphatic rings. The normalized spacial score (nSPS) is 16.3. The Bertz CT molecular complexity index is 755. The van der Waals surface area contributed by atoms with Crippen LogP contribution >= 0.6 is 0 Å². The zero-order valence-corrected chi connectivity index (χ0v) is 16.4. The average molecular weight is 372 g/mol. The smallest absolute Gasteiger partial charge is 0.227 e. The number of morpholine rings is 1. The Morgan fingerprint density at radius 3 is 2.78 bits per heavy atom. The molecule has 146 valence electrons. The molecular weight excluding hydrogens is 344 g/mol. The summed E-state index contributed by atoms with van der Waals surface area (Å²) in [7, 11) is 1.85. The molecule has 27 heavy (non-hydrogen) atoms. The molecule has 1 fully saturated rings. The van der Waals surface area contributed by atoms with Crippen LogP contribution in [0.15, 0.2) is 28.8 Å². The van der Waals surface area contributed by atoms with Crippen molar-refractivity contribution in [3.05, 3.63) is 35.7 Å². The van der Waals surface area contributed by atoms with E-state index in [1.54, 1.807) is 4.90 Å². The molecule has 1 atom stereocenters. The number of carbonyl (C=O) groups excluding carboxylic acids is 1. The number of aryl methyl sites for hydroxylation is 2. The van der Waals surface area contributed by atoms with E-state index < -0.39 is 0 Å². The summed E-state index contributed by atoms with van der Waals surface area (Å²) in [5.74, 6) is 1.16. The first-order chi connectivity index (χ1) is 13.0. The highest BCUT2D eigenvalue weighted by molar-refractivity contribution is 5.76. The third kappa shape index (κ3) is 5.14. The van der Waals surface area contributed by atoms with E-state index in [0.717, 1.165) is 37.4 Å². The largest absolute Gasteiger partial charge is 0.379 e. The predicted molar refractivity (Wildman–Crippen MR) is 102 cm³/mol. The van der Waals surface area contributed by atoms with Crippen LogP contribution in [0.4, 0.5) is 0 Å². The minimum Gasteiger partial charge on any atom is -0.379 e. The molecule has 2 aromatic rings. The number of hydrogen-bond acceptors (Lipinski definition) is 6. The summed E-state index contributed by atoms with van der Waals surface area (Å²) in [6.07, 6.45) is 0.815. The van der Waals surface area contributed by atoms with Gasteiger partial charge in [0.25, 0.3) is 0 Å². The zero-order valence-electron chi connectivity index (χ0n) is 16.4. The SMILES string of the molecule is Cc1ccccc1-c1noc(CCC(=O)N(C)CC(C)N2CCOCC2)n1. The maximum atomic E-state index is 12.5. The standard InChI is InChI=1S/C20H28N4O3/c1-15-6-4-5-7-17(15)20-21-18(27-22-20)8-9-19(25)23(3)14-16(2)24-10-12-26-13-11-24/h4-7,16H,8-14H2,1-3H3. The van der Waals surface area contributed by atoms with Crippen LogP contribution in [0.3, 0.4) is 0 Å². The molecule has 0 saturated carbocycles. The van der Waals surface area contributed by atoms with Gasteiger partial charge in [-0.15, -0.1) is 0 Å². The van der Waals surface area contributed by atoms with Gasteiger partial charge in [0, 0.05) is 51.1 Å². The van der Waals surface area contributed by atoms with E-state index in [2.05, 4.69) is 22.0 Å². The van der Waals surface area contributed by atoms with Gasteiger partial charge in [-0.2, -0.15) is 4.98 Å². The number of aromatic nitrogens is 2. The number of amides is 1. The average Bonchev–Trinajstić information content (AvgIpc) is 3.15. The molecule has 7 nitrogen and oxygen atoms in total. The van der Waals surface area contributed by atoms with Crippen molar-refractivity contribution in [1.29, 1.82) is 0 Å². The van der Waals surface area contributed by atoms with Crippen molar-refractivity contribution >= 4 is 5.91 Å². The van der Waals surface area contributed by atoms with Crippen LogP contribution in [0, 0.1) is 6.92 Å². The van der Waals surface area contributed by atoms with E-state index in [0.29, 0.717) is 37.1 Å². The summed E-state index contributed by atoms with van der Waals surface area (Å²) >= 11 is 0. The topological polar surface area (TPSA) is 71.7 Å². The van der Waals surface area contributed by atoms with Crippen molar-refractivity contribution in [2.45, 2.75) is 32.7 Å². The van der Waals surface area contributed by atoms with E-state index in [9.17, 15) is 4.79 Å². The molecular formula is C20H28N4O3. The Morgan fingerprint density at radius 2 is 2.04 bits per heavy atom. The lowest BCUT2D eigenvalue weighted by molar-refractivity contribution is -0.130. The number of rotatable bonds is 7. The van der Waals surface area contributed by atoms with Crippen LogP contribution in [0.2, 0.25) is 0 Å². The van der Waals surface area contributed by atoms with Gasteiger partial charge < -0.3 is 14.2 Å². The van der Waals surface area contributed by atoms with Crippen molar-refractivity contribution in [3.8, 4) is 11.4 Å². The maximum absolute atomic E-state index is 12.5. The summed E-state index contributed by atoms with van der Waals surface area (Å²) in [6.45, 7) is 8.25. The number of hydrogen-bond donors (Lipinski definition) is 0. The van der Waals surface area contributed by atoms with Crippen LogP contribution in [-0.2, 0) is 16.0 Å². The fraction of sp³-hybridized carbons (Fsp3) is 0.550. The van der Waals surface area contributed by atoms with Gasteiger partial charge >= 0.3 is 0 Å². The fourth-order valence-electron chi connectivity index (χ4n) is 3.33. The molecule has 0 radical (unpaired) electrons. The van der Waals surface area contributed by atoms with Gasteiger partial charge in [0.05, 0.1) is 13.2 Å². The minimum absolute atomic E-state index is 0.0887. The van der Waals surface area contributed by atoms with E-state index in [4.69, 9.17) is 9.26 Å². The van der Waals surface area contributed by atoms with E-state index in [-0.39, 0.29) is 5.91 Å².